The van der Waals surface area contributed by atoms with E-state index in [1.54, 1.807) is 20.8 Å². The van der Waals surface area contributed by atoms with Crippen molar-refractivity contribution in [3.05, 3.63) is 35.9 Å². The average Bonchev–Trinajstić information content (AvgIpc) is 3.29. The van der Waals surface area contributed by atoms with Crippen molar-refractivity contribution in [2.75, 3.05) is 178 Å². The van der Waals surface area contributed by atoms with Crippen LogP contribution < -0.4 is 16.0 Å². The number of carbonyl (C=O) groups is 4. The Balaban J connectivity index is 1.69. The lowest BCUT2D eigenvalue weighted by Crippen LogP contribution is -2.34. The third kappa shape index (κ3) is 45.6. The van der Waals surface area contributed by atoms with Crippen molar-refractivity contribution >= 4 is 23.9 Å². The summed E-state index contributed by atoms with van der Waals surface area (Å²) in [5, 5.41) is 8.18. The van der Waals surface area contributed by atoms with Gasteiger partial charge >= 0.3 is 12.1 Å². The zero-order valence-electron chi connectivity index (χ0n) is 39.7. The van der Waals surface area contributed by atoms with Gasteiger partial charge in [-0.25, -0.2) is 4.79 Å². The van der Waals surface area contributed by atoms with Gasteiger partial charge in [0, 0.05) is 32.5 Å². The van der Waals surface area contributed by atoms with Crippen LogP contribution >= 0.6 is 0 Å². The molecule has 21 nitrogen and oxygen atoms in total. The molecule has 0 heterocycles. The second kappa shape index (κ2) is 45.2. The molecule has 3 N–H and O–H groups in total. The van der Waals surface area contributed by atoms with E-state index in [0.717, 1.165) is 5.56 Å². The summed E-state index contributed by atoms with van der Waals surface area (Å²) in [7, 11) is 0. The van der Waals surface area contributed by atoms with Crippen molar-refractivity contribution in [1.82, 2.24) is 16.0 Å². The molecule has 0 atom stereocenters. The molecule has 0 fully saturated rings. The van der Waals surface area contributed by atoms with Crippen LogP contribution in [0.4, 0.5) is 4.79 Å². The first-order chi connectivity index (χ1) is 32.2. The quantitative estimate of drug-likeness (QED) is 0.0625. The molecule has 1 aromatic carbocycles. The molecule has 0 unspecified atom stereocenters. The number of rotatable bonds is 47. The second-order valence-corrected chi connectivity index (χ2v) is 14.9. The van der Waals surface area contributed by atoms with Gasteiger partial charge in [-0.3, -0.25) is 14.4 Å². The molecule has 0 radical (unpaired) electrons. The molecule has 3 amide bonds. The van der Waals surface area contributed by atoms with Gasteiger partial charge in [-0.2, -0.15) is 0 Å². The first-order valence-electron chi connectivity index (χ1n) is 22.8. The molecule has 0 bridgehead atoms. The van der Waals surface area contributed by atoms with Crippen LogP contribution in [-0.2, 0) is 87.3 Å². The highest BCUT2D eigenvalue weighted by atomic mass is 16.6. The van der Waals surface area contributed by atoms with Crippen molar-refractivity contribution in [1.29, 1.82) is 0 Å². The molecular formula is C45H79N3O18. The Labute approximate surface area is 391 Å². The summed E-state index contributed by atoms with van der Waals surface area (Å²) in [5.41, 5.74) is 0.412. The highest BCUT2D eigenvalue weighted by Crippen LogP contribution is 2.06. The zero-order chi connectivity index (χ0) is 47.9. The largest absolute Gasteiger partial charge is 0.461 e. The highest BCUT2D eigenvalue weighted by molar-refractivity contribution is 5.76. The van der Waals surface area contributed by atoms with Crippen LogP contribution in [0.5, 0.6) is 0 Å². The molecule has 0 aromatic heterocycles. The lowest BCUT2D eigenvalue weighted by molar-refractivity contribution is -0.146. The van der Waals surface area contributed by atoms with Crippen LogP contribution in [0, 0.1) is 0 Å². The molecule has 0 saturated heterocycles. The van der Waals surface area contributed by atoms with Crippen LogP contribution in [0.3, 0.4) is 0 Å². The number of benzene rings is 1. The lowest BCUT2D eigenvalue weighted by Gasteiger charge is -2.19. The van der Waals surface area contributed by atoms with Crippen molar-refractivity contribution < 1.29 is 85.5 Å². The van der Waals surface area contributed by atoms with E-state index in [2.05, 4.69) is 16.0 Å². The number of amides is 3. The number of nitrogens with one attached hydrogen (secondary N) is 3. The molecule has 0 aliphatic heterocycles. The van der Waals surface area contributed by atoms with E-state index in [9.17, 15) is 19.2 Å². The van der Waals surface area contributed by atoms with Crippen LogP contribution in [0.25, 0.3) is 0 Å². The predicted molar refractivity (Wildman–Crippen MR) is 240 cm³/mol. The topological polar surface area (TPSA) is 234 Å². The Morgan fingerprint density at radius 1 is 0.394 bits per heavy atom. The summed E-state index contributed by atoms with van der Waals surface area (Å²) in [5.74, 6) is -0.542. The van der Waals surface area contributed by atoms with E-state index < -0.39 is 11.7 Å². The number of carbonyl (C=O) groups excluding carboxylic acids is 4. The van der Waals surface area contributed by atoms with Gasteiger partial charge in [0.05, 0.1) is 165 Å². The first-order valence-corrected chi connectivity index (χ1v) is 22.8. The molecule has 66 heavy (non-hydrogen) atoms. The fraction of sp³-hybridized carbons (Fsp3) is 0.778. The van der Waals surface area contributed by atoms with Gasteiger partial charge in [0.1, 0.15) is 12.2 Å². The summed E-state index contributed by atoms with van der Waals surface area (Å²) in [6.45, 7) is 16.0. The van der Waals surface area contributed by atoms with Gasteiger partial charge in [0.15, 0.2) is 0 Å². The Morgan fingerprint density at radius 3 is 1.05 bits per heavy atom. The Morgan fingerprint density at radius 2 is 0.697 bits per heavy atom. The van der Waals surface area contributed by atoms with E-state index in [1.807, 2.05) is 30.3 Å². The van der Waals surface area contributed by atoms with E-state index in [0.29, 0.717) is 165 Å². The maximum atomic E-state index is 12.0. The summed E-state index contributed by atoms with van der Waals surface area (Å²) in [6, 6.07) is 9.51. The number of esters is 1. The van der Waals surface area contributed by atoms with Gasteiger partial charge in [-0.15, -0.1) is 0 Å². The minimum Gasteiger partial charge on any atom is -0.461 e. The van der Waals surface area contributed by atoms with E-state index in [4.69, 9.17) is 66.3 Å². The number of hydrogen-bond donors (Lipinski definition) is 3. The first kappa shape index (κ1) is 60.4. The maximum Gasteiger partial charge on any atom is 0.407 e. The molecule has 0 spiro atoms. The monoisotopic (exact) mass is 950 g/mol. The fourth-order valence-electron chi connectivity index (χ4n) is 4.82. The van der Waals surface area contributed by atoms with Crippen LogP contribution in [0.2, 0.25) is 0 Å². The van der Waals surface area contributed by atoms with Gasteiger partial charge in [-0.1, -0.05) is 30.3 Å². The van der Waals surface area contributed by atoms with Gasteiger partial charge in [0.25, 0.3) is 0 Å². The predicted octanol–water partition coefficient (Wildman–Crippen LogP) is 1.86. The van der Waals surface area contributed by atoms with Crippen molar-refractivity contribution in [3.63, 3.8) is 0 Å². The number of hydrogen-bond acceptors (Lipinski definition) is 18. The molecule has 382 valence electrons. The van der Waals surface area contributed by atoms with E-state index in [-0.39, 0.29) is 56.9 Å². The van der Waals surface area contributed by atoms with Gasteiger partial charge < -0.3 is 82.3 Å². The SMILES string of the molecule is CC(C)(C)OC(=O)NCCOCCOCCOCCOCCC(=O)NCCOCCOCCOCCOCCC(=O)NCCOCCOCCOCCOCCC(=O)OCc1ccccc1. The molecule has 21 heteroatoms. The molecule has 1 aromatic rings. The summed E-state index contributed by atoms with van der Waals surface area (Å²) < 4.78 is 75.6. The van der Waals surface area contributed by atoms with Crippen LogP contribution in [0.15, 0.2) is 30.3 Å². The van der Waals surface area contributed by atoms with Gasteiger partial charge in [-0.05, 0) is 26.3 Å². The van der Waals surface area contributed by atoms with Crippen molar-refractivity contribution in [3.8, 4) is 0 Å². The second-order valence-electron chi connectivity index (χ2n) is 14.9. The summed E-state index contributed by atoms with van der Waals surface area (Å²) in [4.78, 5) is 47.2. The zero-order valence-corrected chi connectivity index (χ0v) is 39.7. The summed E-state index contributed by atoms with van der Waals surface area (Å²) in [6.07, 6.45) is 0.204. The Bertz CT molecular complexity index is 1290. The molecular weight excluding hydrogens is 870 g/mol. The molecule has 0 aliphatic rings. The maximum absolute atomic E-state index is 12.0. The average molecular weight is 950 g/mol. The van der Waals surface area contributed by atoms with Crippen molar-refractivity contribution in [2.45, 2.75) is 52.2 Å². The molecule has 1 rings (SSSR count). The number of alkyl carbamates (subject to hydrolysis) is 1. The standard InChI is InChI=1S/C45H79N3O18/c1-45(2,3)66-44(52)48-14-20-58-26-32-64-37-34-60-28-22-54-16-10-42(50)46-12-18-56-24-30-62-36-33-59-27-21-53-15-9-41(49)47-13-19-57-25-31-63-38-35-61-29-23-55-17-11-43(51)65-39-40-7-5-4-6-8-40/h4-8H,9-39H2,1-3H3,(H,46,50)(H,47,49)(H,48,52). The van der Waals surface area contributed by atoms with Crippen LogP contribution in [-0.4, -0.2) is 208 Å². The molecule has 0 saturated carbocycles. The van der Waals surface area contributed by atoms with Gasteiger partial charge in [0.2, 0.25) is 11.8 Å². The normalized spacial score (nSPS) is 11.4. The fourth-order valence-corrected chi connectivity index (χ4v) is 4.82. The third-order valence-corrected chi connectivity index (χ3v) is 8.04. The van der Waals surface area contributed by atoms with E-state index in [1.165, 1.54) is 0 Å². The number of ether oxygens (including phenoxy) is 14. The van der Waals surface area contributed by atoms with Crippen molar-refractivity contribution in [2.24, 2.45) is 0 Å². The minimum atomic E-state index is -0.532. The Kier molecular flexibility index (Phi) is 41.4. The molecule has 0 aliphatic carbocycles. The lowest BCUT2D eigenvalue weighted by atomic mass is 10.2. The smallest absolute Gasteiger partial charge is 0.407 e. The Hall–Kier alpha value is -3.58. The van der Waals surface area contributed by atoms with E-state index >= 15 is 0 Å². The highest BCUT2D eigenvalue weighted by Gasteiger charge is 2.15. The summed E-state index contributed by atoms with van der Waals surface area (Å²) >= 11 is 0. The van der Waals surface area contributed by atoms with Crippen LogP contribution in [0.1, 0.15) is 45.6 Å². The minimum absolute atomic E-state index is 0.120. The third-order valence-electron chi connectivity index (χ3n) is 8.04.